The van der Waals surface area contributed by atoms with Crippen molar-refractivity contribution in [1.82, 2.24) is 4.31 Å². The molecule has 0 spiro atoms. The molecule has 0 bridgehead atoms. The Bertz CT molecular complexity index is 677. The highest BCUT2D eigenvalue weighted by atomic mass is 32.3. The normalized spacial score (nSPS) is 23.5. The number of hydrogen-bond acceptors (Lipinski definition) is 4. The number of hydrogen-bond donors (Lipinski definition) is 1. The number of benzene rings is 1. The summed E-state index contributed by atoms with van der Waals surface area (Å²) in [7, 11) is -4.70. The van der Waals surface area contributed by atoms with E-state index in [1.54, 1.807) is 12.1 Å². The topological polar surface area (TPSA) is 75.7 Å². The van der Waals surface area contributed by atoms with Crippen LogP contribution in [0.2, 0.25) is 0 Å². The van der Waals surface area contributed by atoms with Crippen LogP contribution in [0.1, 0.15) is 23.7 Å². The smallest absolute Gasteiger partial charge is 0.371 e. The number of carbonyl (C=O) groups is 1. The Morgan fingerprint density at radius 3 is 2.90 bits per heavy atom. The fourth-order valence-electron chi connectivity index (χ4n) is 2.63. The molecule has 1 aromatic carbocycles. The Kier molecular flexibility index (Phi) is 3.68. The number of carbonyl (C=O) groups excluding carboxylic acids is 1. The van der Waals surface area contributed by atoms with Gasteiger partial charge in [0.15, 0.2) is 0 Å². The standard InChI is InChI=1S/C13H15FN2O4S/c14-21(18,19)16-5-6-20-12(8-16)10-1-3-11-9(7-10)2-4-13(17)15-11/h1,3,7,12H,2,4-6,8H2,(H,15,17)/t12-/m0/s1. The van der Waals surface area contributed by atoms with E-state index in [1.165, 1.54) is 0 Å². The Morgan fingerprint density at radius 1 is 1.33 bits per heavy atom. The maximum absolute atomic E-state index is 13.1. The predicted molar refractivity (Wildman–Crippen MR) is 73.7 cm³/mol. The van der Waals surface area contributed by atoms with Crippen LogP contribution in [0.3, 0.4) is 0 Å². The number of amides is 1. The Morgan fingerprint density at radius 2 is 2.14 bits per heavy atom. The summed E-state index contributed by atoms with van der Waals surface area (Å²) in [5.41, 5.74) is 2.54. The molecule has 2 heterocycles. The monoisotopic (exact) mass is 314 g/mol. The minimum absolute atomic E-state index is 0.0149. The van der Waals surface area contributed by atoms with Crippen LogP contribution >= 0.6 is 0 Å². The van der Waals surface area contributed by atoms with Crippen LogP contribution in [0.15, 0.2) is 18.2 Å². The first-order valence-electron chi connectivity index (χ1n) is 6.67. The molecule has 0 saturated carbocycles. The molecule has 1 aromatic rings. The number of anilines is 1. The maximum atomic E-state index is 13.1. The van der Waals surface area contributed by atoms with Gasteiger partial charge in [-0.1, -0.05) is 16.0 Å². The minimum atomic E-state index is -4.70. The van der Waals surface area contributed by atoms with Gasteiger partial charge < -0.3 is 10.1 Å². The molecule has 3 rings (SSSR count). The number of rotatable bonds is 2. The summed E-state index contributed by atoms with van der Waals surface area (Å²) in [5.74, 6) is -0.0149. The van der Waals surface area contributed by atoms with Crippen molar-refractivity contribution in [2.75, 3.05) is 25.0 Å². The van der Waals surface area contributed by atoms with Gasteiger partial charge in [0.05, 0.1) is 12.7 Å². The minimum Gasteiger partial charge on any atom is -0.371 e. The SMILES string of the molecule is O=C1CCc2cc([C@@H]3CN(S(=O)(=O)F)CCO3)ccc2N1. The van der Waals surface area contributed by atoms with Crippen molar-refractivity contribution in [2.45, 2.75) is 18.9 Å². The van der Waals surface area contributed by atoms with Gasteiger partial charge in [-0.3, -0.25) is 4.79 Å². The van der Waals surface area contributed by atoms with E-state index in [1.807, 2.05) is 6.07 Å². The Hall–Kier alpha value is -1.51. The van der Waals surface area contributed by atoms with Crippen molar-refractivity contribution in [3.8, 4) is 0 Å². The van der Waals surface area contributed by atoms with Gasteiger partial charge >= 0.3 is 10.4 Å². The summed E-state index contributed by atoms with van der Waals surface area (Å²) >= 11 is 0. The number of nitrogens with one attached hydrogen (secondary N) is 1. The molecule has 0 aromatic heterocycles. The lowest BCUT2D eigenvalue weighted by Gasteiger charge is -2.30. The van der Waals surface area contributed by atoms with E-state index in [0.29, 0.717) is 12.8 Å². The zero-order chi connectivity index (χ0) is 15.0. The van der Waals surface area contributed by atoms with E-state index >= 15 is 0 Å². The molecular weight excluding hydrogens is 299 g/mol. The number of aryl methyl sites for hydroxylation is 1. The van der Waals surface area contributed by atoms with Crippen LogP contribution in [-0.2, 0) is 26.4 Å². The van der Waals surface area contributed by atoms with Crippen LogP contribution in [-0.4, -0.2) is 38.3 Å². The second-order valence-corrected chi connectivity index (χ2v) is 6.46. The number of fused-ring (bicyclic) bond motifs is 1. The van der Waals surface area contributed by atoms with E-state index in [-0.39, 0.29) is 25.6 Å². The molecule has 2 aliphatic heterocycles. The first-order valence-corrected chi connectivity index (χ1v) is 8.01. The van der Waals surface area contributed by atoms with Crippen molar-refractivity contribution >= 4 is 22.0 Å². The molecule has 1 saturated heterocycles. The van der Waals surface area contributed by atoms with Crippen molar-refractivity contribution in [2.24, 2.45) is 0 Å². The number of halogens is 1. The van der Waals surface area contributed by atoms with Gasteiger partial charge in [0.1, 0.15) is 0 Å². The molecular formula is C13H15FN2O4S. The highest BCUT2D eigenvalue weighted by molar-refractivity contribution is 7.83. The summed E-state index contributed by atoms with van der Waals surface area (Å²) in [4.78, 5) is 11.3. The van der Waals surface area contributed by atoms with Crippen molar-refractivity contribution in [1.29, 1.82) is 0 Å². The van der Waals surface area contributed by atoms with E-state index in [2.05, 4.69) is 5.32 Å². The van der Waals surface area contributed by atoms with Crippen molar-refractivity contribution in [3.05, 3.63) is 29.3 Å². The summed E-state index contributed by atoms with van der Waals surface area (Å²) in [6, 6.07) is 5.42. The molecule has 0 radical (unpaired) electrons. The number of nitrogens with zero attached hydrogens (tertiary/aromatic N) is 1. The third-order valence-corrected chi connectivity index (χ3v) is 4.68. The first-order chi connectivity index (χ1) is 9.93. The van der Waals surface area contributed by atoms with E-state index in [4.69, 9.17) is 4.74 Å². The van der Waals surface area contributed by atoms with E-state index in [9.17, 15) is 17.1 Å². The lowest BCUT2D eigenvalue weighted by Crippen LogP contribution is -2.40. The van der Waals surface area contributed by atoms with Crippen LogP contribution in [0, 0.1) is 0 Å². The summed E-state index contributed by atoms with van der Waals surface area (Å²) < 4.78 is 41.4. The van der Waals surface area contributed by atoms with Crippen LogP contribution in [0.4, 0.5) is 9.57 Å². The highest BCUT2D eigenvalue weighted by Crippen LogP contribution is 2.29. The van der Waals surface area contributed by atoms with Gasteiger partial charge in [0, 0.05) is 25.2 Å². The molecule has 2 aliphatic rings. The second kappa shape index (κ2) is 5.36. The summed E-state index contributed by atoms with van der Waals surface area (Å²) in [6.07, 6.45) is 0.562. The average Bonchev–Trinajstić information content (AvgIpc) is 2.46. The van der Waals surface area contributed by atoms with Gasteiger partial charge in [-0.15, -0.1) is 0 Å². The number of ether oxygens (including phenoxy) is 1. The van der Waals surface area contributed by atoms with E-state index < -0.39 is 16.5 Å². The first kappa shape index (κ1) is 14.4. The van der Waals surface area contributed by atoms with Gasteiger partial charge in [-0.25, -0.2) is 0 Å². The molecule has 0 aliphatic carbocycles. The highest BCUT2D eigenvalue weighted by Gasteiger charge is 2.30. The quantitative estimate of drug-likeness (QED) is 0.831. The van der Waals surface area contributed by atoms with Crippen molar-refractivity contribution in [3.63, 3.8) is 0 Å². The lowest BCUT2D eigenvalue weighted by atomic mass is 9.98. The molecule has 1 N–H and O–H groups in total. The second-order valence-electron chi connectivity index (χ2n) is 5.12. The molecule has 21 heavy (non-hydrogen) atoms. The van der Waals surface area contributed by atoms with Gasteiger partial charge in [-0.05, 0) is 23.6 Å². The van der Waals surface area contributed by atoms with Crippen LogP contribution in [0.5, 0.6) is 0 Å². The number of morpholine rings is 1. The third kappa shape index (κ3) is 3.07. The molecule has 1 atom stereocenters. The summed E-state index contributed by atoms with van der Waals surface area (Å²) in [6.45, 7) is 0.141. The molecule has 8 heteroatoms. The molecule has 114 valence electrons. The Labute approximate surface area is 122 Å². The largest absolute Gasteiger partial charge is 0.374 e. The van der Waals surface area contributed by atoms with Crippen LogP contribution in [0.25, 0.3) is 0 Å². The van der Waals surface area contributed by atoms with Gasteiger partial charge in [-0.2, -0.15) is 12.7 Å². The van der Waals surface area contributed by atoms with Gasteiger partial charge in [0.25, 0.3) is 0 Å². The zero-order valence-corrected chi connectivity index (χ0v) is 12.0. The Balaban J connectivity index is 1.82. The molecule has 6 nitrogen and oxygen atoms in total. The molecule has 1 amide bonds. The van der Waals surface area contributed by atoms with Crippen molar-refractivity contribution < 1.29 is 21.8 Å². The van der Waals surface area contributed by atoms with Crippen LogP contribution < -0.4 is 5.32 Å². The third-order valence-electron chi connectivity index (χ3n) is 3.73. The molecule has 0 unspecified atom stereocenters. The van der Waals surface area contributed by atoms with Gasteiger partial charge in [0.2, 0.25) is 5.91 Å². The lowest BCUT2D eigenvalue weighted by molar-refractivity contribution is -0.116. The summed E-state index contributed by atoms with van der Waals surface area (Å²) in [5, 5.41) is 2.78. The average molecular weight is 314 g/mol. The fraction of sp³-hybridized carbons (Fsp3) is 0.462. The maximum Gasteiger partial charge on any atom is 0.374 e. The predicted octanol–water partition coefficient (Wildman–Crippen LogP) is 1.16. The zero-order valence-electron chi connectivity index (χ0n) is 11.2. The fourth-order valence-corrected chi connectivity index (χ4v) is 3.24. The molecule has 1 fully saturated rings. The van der Waals surface area contributed by atoms with E-state index in [0.717, 1.165) is 21.1 Å².